The molecule has 1 heterocycles. The summed E-state index contributed by atoms with van der Waals surface area (Å²) in [4.78, 5) is -0.390. The summed E-state index contributed by atoms with van der Waals surface area (Å²) in [6.45, 7) is 0.531. The zero-order chi connectivity index (χ0) is 12.6. The lowest BCUT2D eigenvalue weighted by Gasteiger charge is -2.16. The van der Waals surface area contributed by atoms with Crippen LogP contribution in [0.25, 0.3) is 0 Å². The minimum absolute atomic E-state index is 0.188. The molecule has 1 saturated heterocycles. The van der Waals surface area contributed by atoms with Gasteiger partial charge >= 0.3 is 0 Å². The molecule has 1 aromatic carbocycles. The molecule has 1 aromatic rings. The molecule has 1 aliphatic rings. The summed E-state index contributed by atoms with van der Waals surface area (Å²) in [5.74, 6) is -0.796. The molecule has 1 atom stereocenters. The van der Waals surface area contributed by atoms with Crippen LogP contribution in [-0.2, 0) is 10.0 Å². The van der Waals surface area contributed by atoms with Gasteiger partial charge in [0.2, 0.25) is 10.0 Å². The third kappa shape index (κ3) is 2.44. The van der Waals surface area contributed by atoms with Gasteiger partial charge in [0.1, 0.15) is 10.7 Å². The Morgan fingerprint density at radius 1 is 1.47 bits per heavy atom. The van der Waals surface area contributed by atoms with Gasteiger partial charge in [-0.15, -0.1) is 0 Å². The number of nitrogens with two attached hydrogens (primary N) is 1. The van der Waals surface area contributed by atoms with Crippen LogP contribution in [0.15, 0.2) is 23.1 Å². The molecule has 1 aliphatic heterocycles. The second kappa shape index (κ2) is 4.53. The van der Waals surface area contributed by atoms with Crippen molar-refractivity contribution in [1.29, 1.82) is 0 Å². The molecule has 0 radical (unpaired) electrons. The van der Waals surface area contributed by atoms with Crippen molar-refractivity contribution >= 4 is 21.6 Å². The summed E-state index contributed by atoms with van der Waals surface area (Å²) in [7, 11) is -3.83. The van der Waals surface area contributed by atoms with Gasteiger partial charge in [0, 0.05) is 24.2 Å². The van der Waals surface area contributed by atoms with E-state index in [-0.39, 0.29) is 22.5 Å². The Bertz CT molecular complexity index is 535. The van der Waals surface area contributed by atoms with E-state index in [0.29, 0.717) is 13.0 Å². The zero-order valence-electron chi connectivity index (χ0n) is 8.94. The first kappa shape index (κ1) is 12.8. The predicted octanol–water partition coefficient (Wildman–Crippen LogP) is 1.20. The maximum absolute atomic E-state index is 13.5. The van der Waals surface area contributed by atoms with E-state index >= 15 is 0 Å². The number of hydrogen-bond acceptors (Lipinski definition) is 3. The van der Waals surface area contributed by atoms with Crippen molar-refractivity contribution in [3.8, 4) is 0 Å². The van der Waals surface area contributed by atoms with Crippen LogP contribution in [0.5, 0.6) is 0 Å². The zero-order valence-corrected chi connectivity index (χ0v) is 10.5. The van der Waals surface area contributed by atoms with Gasteiger partial charge in [-0.1, -0.05) is 11.6 Å². The average molecular weight is 279 g/mol. The molecule has 0 amide bonds. The first-order chi connectivity index (χ1) is 7.91. The smallest absolute Gasteiger partial charge is 0.246 e. The van der Waals surface area contributed by atoms with Gasteiger partial charge in [0.05, 0.1) is 0 Å². The molecular weight excluding hydrogens is 267 g/mol. The summed E-state index contributed by atoms with van der Waals surface area (Å²) in [6, 6.07) is 3.29. The highest BCUT2D eigenvalue weighted by Crippen LogP contribution is 2.25. The Morgan fingerprint density at radius 2 is 2.18 bits per heavy atom. The Kier molecular flexibility index (Phi) is 3.40. The van der Waals surface area contributed by atoms with Crippen LogP contribution in [-0.4, -0.2) is 31.9 Å². The minimum atomic E-state index is -3.83. The fraction of sp³-hybridized carbons (Fsp3) is 0.400. The van der Waals surface area contributed by atoms with Crippen LogP contribution in [0.4, 0.5) is 4.39 Å². The van der Waals surface area contributed by atoms with E-state index in [1.54, 1.807) is 0 Å². The second-order valence-electron chi connectivity index (χ2n) is 3.99. The van der Waals surface area contributed by atoms with Crippen molar-refractivity contribution < 1.29 is 12.8 Å². The molecule has 0 aromatic heterocycles. The summed E-state index contributed by atoms with van der Waals surface area (Å²) in [5, 5.41) is 0.188. The van der Waals surface area contributed by atoms with E-state index in [4.69, 9.17) is 17.3 Å². The number of halogens is 2. The quantitative estimate of drug-likeness (QED) is 0.884. The molecule has 0 bridgehead atoms. The van der Waals surface area contributed by atoms with Crippen molar-refractivity contribution in [3.05, 3.63) is 29.0 Å². The number of hydrogen-bond donors (Lipinski definition) is 1. The van der Waals surface area contributed by atoms with Crippen LogP contribution in [0.3, 0.4) is 0 Å². The van der Waals surface area contributed by atoms with Crippen molar-refractivity contribution in [2.75, 3.05) is 13.1 Å². The number of nitrogens with zero attached hydrogens (tertiary/aromatic N) is 1. The molecule has 4 nitrogen and oxygen atoms in total. The van der Waals surface area contributed by atoms with Crippen LogP contribution in [0, 0.1) is 5.82 Å². The first-order valence-corrected chi connectivity index (χ1v) is 6.94. The topological polar surface area (TPSA) is 63.4 Å². The molecule has 94 valence electrons. The molecule has 2 rings (SSSR count). The standard InChI is InChI=1S/C10H12ClFN2O2S/c11-7-1-2-9(12)10(5-7)17(15,16)14-4-3-8(13)6-14/h1-2,5,8H,3-4,6,13H2. The Hall–Kier alpha value is -0.690. The van der Waals surface area contributed by atoms with E-state index in [1.165, 1.54) is 10.4 Å². The average Bonchev–Trinajstić information content (AvgIpc) is 2.69. The van der Waals surface area contributed by atoms with Crippen molar-refractivity contribution in [1.82, 2.24) is 4.31 Å². The summed E-state index contributed by atoms with van der Waals surface area (Å²) < 4.78 is 39.0. The van der Waals surface area contributed by atoms with E-state index < -0.39 is 15.8 Å². The van der Waals surface area contributed by atoms with Gasteiger partial charge in [-0.25, -0.2) is 12.8 Å². The molecule has 0 aliphatic carbocycles. The minimum Gasteiger partial charge on any atom is -0.326 e. The van der Waals surface area contributed by atoms with Crippen molar-refractivity contribution in [2.24, 2.45) is 5.73 Å². The summed E-state index contributed by atoms with van der Waals surface area (Å²) in [5.41, 5.74) is 5.64. The van der Waals surface area contributed by atoms with Crippen LogP contribution < -0.4 is 5.73 Å². The lowest BCUT2D eigenvalue weighted by atomic mass is 10.3. The SMILES string of the molecule is NC1CCN(S(=O)(=O)c2cc(Cl)ccc2F)C1. The number of sulfonamides is 1. The van der Waals surface area contributed by atoms with Gasteiger partial charge in [0.15, 0.2) is 0 Å². The third-order valence-corrected chi connectivity index (χ3v) is 4.81. The Labute approximate surface area is 104 Å². The molecule has 17 heavy (non-hydrogen) atoms. The summed E-state index contributed by atoms with van der Waals surface area (Å²) in [6.07, 6.45) is 0.585. The molecule has 7 heteroatoms. The van der Waals surface area contributed by atoms with E-state index in [9.17, 15) is 12.8 Å². The fourth-order valence-corrected chi connectivity index (χ4v) is 3.63. The largest absolute Gasteiger partial charge is 0.326 e. The van der Waals surface area contributed by atoms with E-state index in [2.05, 4.69) is 0 Å². The number of benzene rings is 1. The van der Waals surface area contributed by atoms with Gasteiger partial charge in [0.25, 0.3) is 0 Å². The van der Waals surface area contributed by atoms with Gasteiger partial charge in [-0.2, -0.15) is 4.31 Å². The third-order valence-electron chi connectivity index (χ3n) is 2.70. The van der Waals surface area contributed by atoms with Crippen molar-refractivity contribution in [2.45, 2.75) is 17.4 Å². The van der Waals surface area contributed by atoms with Gasteiger partial charge < -0.3 is 5.73 Å². The molecule has 1 unspecified atom stereocenters. The first-order valence-electron chi connectivity index (χ1n) is 5.12. The van der Waals surface area contributed by atoms with E-state index in [0.717, 1.165) is 12.1 Å². The maximum atomic E-state index is 13.5. The highest BCUT2D eigenvalue weighted by molar-refractivity contribution is 7.89. The molecule has 0 saturated carbocycles. The van der Waals surface area contributed by atoms with Crippen LogP contribution in [0.2, 0.25) is 5.02 Å². The fourth-order valence-electron chi connectivity index (χ4n) is 1.79. The normalized spacial score (nSPS) is 21.9. The summed E-state index contributed by atoms with van der Waals surface area (Å²) >= 11 is 5.68. The highest BCUT2D eigenvalue weighted by atomic mass is 35.5. The molecule has 1 fully saturated rings. The van der Waals surface area contributed by atoms with Crippen LogP contribution in [0.1, 0.15) is 6.42 Å². The Morgan fingerprint density at radius 3 is 2.76 bits per heavy atom. The lowest BCUT2D eigenvalue weighted by Crippen LogP contribution is -2.32. The maximum Gasteiger partial charge on any atom is 0.246 e. The second-order valence-corrected chi connectivity index (χ2v) is 6.33. The van der Waals surface area contributed by atoms with E-state index in [1.807, 2.05) is 0 Å². The molecule has 0 spiro atoms. The van der Waals surface area contributed by atoms with Crippen molar-refractivity contribution in [3.63, 3.8) is 0 Å². The predicted molar refractivity (Wildman–Crippen MR) is 62.8 cm³/mol. The molecule has 2 N–H and O–H groups in total. The van der Waals surface area contributed by atoms with Gasteiger partial charge in [-0.3, -0.25) is 0 Å². The lowest BCUT2D eigenvalue weighted by molar-refractivity contribution is 0.465. The van der Waals surface area contributed by atoms with Crippen LogP contribution >= 0.6 is 11.6 Å². The van der Waals surface area contributed by atoms with Gasteiger partial charge in [-0.05, 0) is 24.6 Å². The number of rotatable bonds is 2. The molecular formula is C10H12ClFN2O2S. The highest BCUT2D eigenvalue weighted by Gasteiger charge is 2.32. The monoisotopic (exact) mass is 278 g/mol. The Balaban J connectivity index is 2.41.